The summed E-state index contributed by atoms with van der Waals surface area (Å²) < 4.78 is 0. The summed E-state index contributed by atoms with van der Waals surface area (Å²) in [6, 6.07) is 7.39. The SMILES string of the molecule is O=C(O)c1n[nH]c2c1CN(Cc1cnc(-c3ccc(Cl)cc3)nc1)CC2. The Kier molecular flexibility index (Phi) is 4.40. The molecule has 2 aromatic heterocycles. The smallest absolute Gasteiger partial charge is 0.356 e. The van der Waals surface area contributed by atoms with Gasteiger partial charge in [-0.1, -0.05) is 11.6 Å². The number of carbonyl (C=O) groups is 1. The summed E-state index contributed by atoms with van der Waals surface area (Å²) in [5.41, 5.74) is 3.68. The second kappa shape index (κ2) is 6.86. The molecular formula is C18H16ClN5O2. The minimum Gasteiger partial charge on any atom is -0.476 e. The van der Waals surface area contributed by atoms with E-state index in [1.165, 1.54) is 0 Å². The monoisotopic (exact) mass is 369 g/mol. The lowest BCUT2D eigenvalue weighted by molar-refractivity contribution is 0.0687. The molecule has 7 nitrogen and oxygen atoms in total. The molecule has 1 aromatic carbocycles. The number of H-pyrrole nitrogens is 1. The Hall–Kier alpha value is -2.77. The van der Waals surface area contributed by atoms with Crippen LogP contribution < -0.4 is 0 Å². The van der Waals surface area contributed by atoms with Crippen molar-refractivity contribution in [2.24, 2.45) is 0 Å². The molecule has 0 radical (unpaired) electrons. The Bertz CT molecular complexity index is 937. The van der Waals surface area contributed by atoms with E-state index >= 15 is 0 Å². The molecule has 0 spiro atoms. The van der Waals surface area contributed by atoms with Gasteiger partial charge in [0, 0.05) is 65.9 Å². The van der Waals surface area contributed by atoms with Crippen LogP contribution in [-0.2, 0) is 19.5 Å². The van der Waals surface area contributed by atoms with Gasteiger partial charge in [-0.2, -0.15) is 5.10 Å². The highest BCUT2D eigenvalue weighted by molar-refractivity contribution is 6.30. The second-order valence-corrected chi connectivity index (χ2v) is 6.65. The standard InChI is InChI=1S/C18H16ClN5O2/c19-13-3-1-12(2-4-13)17-20-7-11(8-21-17)9-24-6-5-15-14(10-24)16(18(25)26)23-22-15/h1-4,7-8H,5-6,9-10H2,(H,22,23)(H,25,26). The third-order valence-electron chi connectivity index (χ3n) is 4.43. The number of halogens is 1. The van der Waals surface area contributed by atoms with Crippen molar-refractivity contribution in [2.75, 3.05) is 6.54 Å². The van der Waals surface area contributed by atoms with Crippen LogP contribution in [0.4, 0.5) is 0 Å². The Morgan fingerprint density at radius 2 is 1.96 bits per heavy atom. The number of hydrogen-bond acceptors (Lipinski definition) is 5. The maximum Gasteiger partial charge on any atom is 0.356 e. The van der Waals surface area contributed by atoms with E-state index in [0.717, 1.165) is 35.3 Å². The summed E-state index contributed by atoms with van der Waals surface area (Å²) in [6.45, 7) is 2.03. The first-order chi connectivity index (χ1) is 12.6. The number of aromatic nitrogens is 4. The number of benzene rings is 1. The molecule has 3 heterocycles. The summed E-state index contributed by atoms with van der Waals surface area (Å²) in [7, 11) is 0. The number of aromatic carboxylic acids is 1. The normalized spacial score (nSPS) is 14.2. The number of rotatable bonds is 4. The summed E-state index contributed by atoms with van der Waals surface area (Å²) in [5.74, 6) is -0.352. The van der Waals surface area contributed by atoms with Crippen LogP contribution in [0.2, 0.25) is 5.02 Å². The van der Waals surface area contributed by atoms with Crippen molar-refractivity contribution in [3.63, 3.8) is 0 Å². The predicted octanol–water partition coefficient (Wildman–Crippen LogP) is 2.78. The Labute approximate surface area is 154 Å². The van der Waals surface area contributed by atoms with Crippen LogP contribution in [0.15, 0.2) is 36.7 Å². The van der Waals surface area contributed by atoms with Gasteiger partial charge in [-0.3, -0.25) is 10.00 Å². The molecule has 26 heavy (non-hydrogen) atoms. The van der Waals surface area contributed by atoms with Crippen molar-refractivity contribution < 1.29 is 9.90 Å². The lowest BCUT2D eigenvalue weighted by Gasteiger charge is -2.26. The van der Waals surface area contributed by atoms with Crippen molar-refractivity contribution in [1.29, 1.82) is 0 Å². The molecular weight excluding hydrogens is 354 g/mol. The van der Waals surface area contributed by atoms with Crippen LogP contribution in [0.5, 0.6) is 0 Å². The van der Waals surface area contributed by atoms with E-state index in [0.29, 0.717) is 23.9 Å². The van der Waals surface area contributed by atoms with Crippen LogP contribution in [0.25, 0.3) is 11.4 Å². The van der Waals surface area contributed by atoms with Gasteiger partial charge in [0.25, 0.3) is 0 Å². The number of nitrogens with one attached hydrogen (secondary N) is 1. The molecule has 4 rings (SSSR count). The number of carboxylic acid groups (broad SMARTS) is 1. The van der Waals surface area contributed by atoms with Crippen LogP contribution >= 0.6 is 11.6 Å². The van der Waals surface area contributed by atoms with Crippen LogP contribution in [0, 0.1) is 0 Å². The zero-order chi connectivity index (χ0) is 18.1. The van der Waals surface area contributed by atoms with Crippen molar-refractivity contribution in [3.05, 3.63) is 64.2 Å². The van der Waals surface area contributed by atoms with E-state index in [1.54, 1.807) is 12.4 Å². The molecule has 0 unspecified atom stereocenters. The van der Waals surface area contributed by atoms with Crippen LogP contribution in [0.1, 0.15) is 27.3 Å². The highest BCUT2D eigenvalue weighted by Crippen LogP contribution is 2.22. The van der Waals surface area contributed by atoms with Crippen molar-refractivity contribution >= 4 is 17.6 Å². The van der Waals surface area contributed by atoms with E-state index in [9.17, 15) is 9.90 Å². The van der Waals surface area contributed by atoms with E-state index in [2.05, 4.69) is 25.1 Å². The molecule has 3 aromatic rings. The number of aromatic amines is 1. The topological polar surface area (TPSA) is 95.0 Å². The van der Waals surface area contributed by atoms with Gasteiger partial charge in [0.05, 0.1) is 0 Å². The van der Waals surface area contributed by atoms with Crippen molar-refractivity contribution in [1.82, 2.24) is 25.1 Å². The molecule has 0 fully saturated rings. The molecule has 8 heteroatoms. The molecule has 0 aliphatic carbocycles. The largest absolute Gasteiger partial charge is 0.476 e. The molecule has 132 valence electrons. The maximum atomic E-state index is 11.3. The first-order valence-corrected chi connectivity index (χ1v) is 8.56. The zero-order valence-corrected chi connectivity index (χ0v) is 14.6. The molecule has 2 N–H and O–H groups in total. The summed E-state index contributed by atoms with van der Waals surface area (Å²) in [5, 5.41) is 16.6. The van der Waals surface area contributed by atoms with Gasteiger partial charge in [-0.25, -0.2) is 14.8 Å². The van der Waals surface area contributed by atoms with Crippen molar-refractivity contribution in [2.45, 2.75) is 19.5 Å². The van der Waals surface area contributed by atoms with Gasteiger partial charge >= 0.3 is 5.97 Å². The first kappa shape index (κ1) is 16.7. The summed E-state index contributed by atoms with van der Waals surface area (Å²) in [4.78, 5) is 22.3. The highest BCUT2D eigenvalue weighted by atomic mass is 35.5. The maximum absolute atomic E-state index is 11.3. The van der Waals surface area contributed by atoms with Gasteiger partial charge in [-0.05, 0) is 24.3 Å². The predicted molar refractivity (Wildman–Crippen MR) is 95.8 cm³/mol. The fourth-order valence-corrected chi connectivity index (χ4v) is 3.23. The number of nitrogens with zero attached hydrogens (tertiary/aromatic N) is 4. The summed E-state index contributed by atoms with van der Waals surface area (Å²) in [6.07, 6.45) is 4.36. The number of fused-ring (bicyclic) bond motifs is 1. The lowest BCUT2D eigenvalue weighted by Crippen LogP contribution is -2.30. The first-order valence-electron chi connectivity index (χ1n) is 8.19. The Morgan fingerprint density at radius 3 is 2.65 bits per heavy atom. The van der Waals surface area contributed by atoms with E-state index < -0.39 is 5.97 Å². The van der Waals surface area contributed by atoms with Crippen LogP contribution in [0.3, 0.4) is 0 Å². The number of hydrogen-bond donors (Lipinski definition) is 2. The summed E-state index contributed by atoms with van der Waals surface area (Å²) >= 11 is 5.90. The fourth-order valence-electron chi connectivity index (χ4n) is 3.11. The van der Waals surface area contributed by atoms with Gasteiger partial charge in [0.15, 0.2) is 11.5 Å². The van der Waals surface area contributed by atoms with Crippen LogP contribution in [-0.4, -0.2) is 42.7 Å². The molecule has 1 aliphatic rings. The van der Waals surface area contributed by atoms with E-state index in [-0.39, 0.29) is 5.69 Å². The Morgan fingerprint density at radius 1 is 1.23 bits per heavy atom. The van der Waals surface area contributed by atoms with Gasteiger partial charge in [0.1, 0.15) is 0 Å². The Balaban J connectivity index is 1.47. The molecule has 0 saturated carbocycles. The average Bonchev–Trinajstić information content (AvgIpc) is 3.07. The van der Waals surface area contributed by atoms with Crippen molar-refractivity contribution in [3.8, 4) is 11.4 Å². The lowest BCUT2D eigenvalue weighted by atomic mass is 10.0. The van der Waals surface area contributed by atoms with Gasteiger partial charge in [-0.15, -0.1) is 0 Å². The minimum atomic E-state index is -1.000. The molecule has 0 atom stereocenters. The van der Waals surface area contributed by atoms with E-state index in [1.807, 2.05) is 24.3 Å². The molecule has 1 aliphatic heterocycles. The second-order valence-electron chi connectivity index (χ2n) is 6.22. The van der Waals surface area contributed by atoms with Gasteiger partial charge in [0.2, 0.25) is 0 Å². The number of carboxylic acids is 1. The zero-order valence-electron chi connectivity index (χ0n) is 13.8. The quantitative estimate of drug-likeness (QED) is 0.734. The minimum absolute atomic E-state index is 0.110. The molecule has 0 saturated heterocycles. The highest BCUT2D eigenvalue weighted by Gasteiger charge is 2.25. The fraction of sp³-hybridized carbons (Fsp3) is 0.222. The van der Waals surface area contributed by atoms with E-state index in [4.69, 9.17) is 11.6 Å². The molecule has 0 bridgehead atoms. The van der Waals surface area contributed by atoms with Gasteiger partial charge < -0.3 is 5.11 Å². The molecule has 0 amide bonds. The average molecular weight is 370 g/mol. The third kappa shape index (κ3) is 3.31. The third-order valence-corrected chi connectivity index (χ3v) is 4.68.